The minimum Gasteiger partial charge on any atom is -0.507 e. The van der Waals surface area contributed by atoms with E-state index in [1.807, 2.05) is 115 Å². The van der Waals surface area contributed by atoms with E-state index in [4.69, 9.17) is 14.5 Å². The number of halogens is 4. The van der Waals surface area contributed by atoms with Crippen LogP contribution in [0, 0.1) is 3.57 Å². The van der Waals surface area contributed by atoms with E-state index in [1.165, 1.54) is 26.9 Å². The normalized spacial score (nSPS) is 11.1. The van der Waals surface area contributed by atoms with Gasteiger partial charge in [0.2, 0.25) is 0 Å². The Morgan fingerprint density at radius 2 is 0.814 bits per heavy atom. The molecule has 4 N–H and O–H groups in total. The Morgan fingerprint density at radius 1 is 0.371 bits per heavy atom. The summed E-state index contributed by atoms with van der Waals surface area (Å²) in [6.45, 7) is 0. The molecule has 0 saturated carbocycles. The molecular weight excluding hydrogens is 1180 g/mol. The molecule has 0 aliphatic rings. The lowest BCUT2D eigenvalue weighted by Crippen LogP contribution is -2.30. The van der Waals surface area contributed by atoms with Crippen LogP contribution < -0.4 is 5.46 Å². The summed E-state index contributed by atoms with van der Waals surface area (Å²) in [7, 11) is -1.42. The molecule has 13 rings (SSSR count). The van der Waals surface area contributed by atoms with Gasteiger partial charge in [0, 0.05) is 45.9 Å². The number of fused-ring (bicyclic) bond motifs is 11. The third-order valence-corrected chi connectivity index (χ3v) is 15.3. The zero-order valence-electron chi connectivity index (χ0n) is 37.0. The van der Waals surface area contributed by atoms with Gasteiger partial charge < -0.3 is 24.7 Å². The standard InChI is InChI=1S/C20H11BrO.C20H13BrO.C10H8BBrO2.C10H7IO/c21-17-11-18-19(15-8-4-3-7-14(15)17)16-10-9-12-5-1-2-6-13(12)20(16)22-18;21-19-12-11-16(15-7-3-4-8-17(15)19)18-10-9-13-5-1-2-6-14(13)20(18)22;12-10-6-5-9(11(13)14)7-3-1-2-4-8(7)10;11-9-6-5-7-3-1-2-4-8(7)10(9)12/h1-11H;1-12,22H;1-6,13-14H;1-6,12H. The van der Waals surface area contributed by atoms with Gasteiger partial charge in [0.25, 0.3) is 0 Å². The lowest BCUT2D eigenvalue weighted by molar-refractivity contribution is 0.426. The smallest absolute Gasteiger partial charge is 0.489 e. The number of aromatic hydroxyl groups is 2. The molecular formula is C60H39BBr3IO5. The zero-order chi connectivity index (χ0) is 48.5. The number of phenols is 2. The van der Waals surface area contributed by atoms with E-state index in [9.17, 15) is 10.2 Å². The summed E-state index contributed by atoms with van der Waals surface area (Å²) in [5, 5.41) is 53.9. The van der Waals surface area contributed by atoms with Crippen LogP contribution in [0.3, 0.4) is 0 Å². The molecule has 13 aromatic rings. The Hall–Kier alpha value is -6.25. The molecule has 10 heteroatoms. The average Bonchev–Trinajstić information content (AvgIpc) is 3.78. The van der Waals surface area contributed by atoms with Crippen molar-refractivity contribution in [3.63, 3.8) is 0 Å². The van der Waals surface area contributed by atoms with E-state index in [0.29, 0.717) is 17.0 Å². The van der Waals surface area contributed by atoms with Crippen LogP contribution in [0.25, 0.3) is 97.7 Å². The van der Waals surface area contributed by atoms with E-state index in [-0.39, 0.29) is 0 Å². The highest BCUT2D eigenvalue weighted by Crippen LogP contribution is 2.42. The van der Waals surface area contributed by atoms with Crippen molar-refractivity contribution in [1.29, 1.82) is 0 Å². The van der Waals surface area contributed by atoms with Crippen molar-refractivity contribution in [3.05, 3.63) is 229 Å². The van der Waals surface area contributed by atoms with Gasteiger partial charge in [-0.1, -0.05) is 224 Å². The Balaban J connectivity index is 0.000000112. The van der Waals surface area contributed by atoms with Crippen LogP contribution in [0.2, 0.25) is 0 Å². The number of rotatable bonds is 2. The third-order valence-electron chi connectivity index (χ3n) is 12.4. The Bertz CT molecular complexity index is 4100. The van der Waals surface area contributed by atoms with Crippen molar-refractivity contribution in [2.24, 2.45) is 0 Å². The predicted molar refractivity (Wildman–Crippen MR) is 312 cm³/mol. The summed E-state index contributed by atoms with van der Waals surface area (Å²) in [6, 6.07) is 70.3. The molecule has 0 saturated heterocycles. The van der Waals surface area contributed by atoms with Gasteiger partial charge in [-0.05, 0) is 118 Å². The van der Waals surface area contributed by atoms with Crippen molar-refractivity contribution in [3.8, 4) is 22.6 Å². The quantitative estimate of drug-likeness (QED) is 0.102. The molecule has 70 heavy (non-hydrogen) atoms. The molecule has 0 atom stereocenters. The summed E-state index contributed by atoms with van der Waals surface area (Å²) in [6.07, 6.45) is 0. The number of hydrogen-bond donors (Lipinski definition) is 4. The van der Waals surface area contributed by atoms with Crippen LogP contribution in [-0.2, 0) is 0 Å². The first-order valence-corrected chi connectivity index (χ1v) is 25.7. The molecule has 0 spiro atoms. The van der Waals surface area contributed by atoms with E-state index in [2.05, 4.69) is 161 Å². The first-order chi connectivity index (χ1) is 34.1. The Morgan fingerprint density at radius 3 is 1.44 bits per heavy atom. The molecule has 0 aliphatic heterocycles. The fourth-order valence-corrected chi connectivity index (χ4v) is 11.0. The number of phenolic OH excluding ortho intramolecular Hbond substituents is 2. The molecule has 1 heterocycles. The van der Waals surface area contributed by atoms with Gasteiger partial charge in [0.05, 0.1) is 3.57 Å². The summed E-state index contributed by atoms with van der Waals surface area (Å²) < 4.78 is 10.2. The molecule has 5 nitrogen and oxygen atoms in total. The predicted octanol–water partition coefficient (Wildman–Crippen LogP) is 17.2. The van der Waals surface area contributed by atoms with Gasteiger partial charge in [-0.3, -0.25) is 0 Å². The van der Waals surface area contributed by atoms with Crippen LogP contribution in [0.15, 0.2) is 230 Å². The third kappa shape index (κ3) is 9.28. The van der Waals surface area contributed by atoms with Crippen LogP contribution in [-0.4, -0.2) is 27.4 Å². The summed E-state index contributed by atoms with van der Waals surface area (Å²) in [5.41, 5.74) is 4.33. The van der Waals surface area contributed by atoms with E-state index < -0.39 is 7.12 Å². The van der Waals surface area contributed by atoms with Crippen LogP contribution in [0.4, 0.5) is 0 Å². The minimum atomic E-state index is -1.42. The topological polar surface area (TPSA) is 94.1 Å². The van der Waals surface area contributed by atoms with Crippen LogP contribution in [0.5, 0.6) is 11.5 Å². The maximum atomic E-state index is 10.7. The SMILES string of the molecule is Brc1cc2oc3c4ccccc4ccc3c2c2ccccc12.OB(O)c1ccc(Br)c2ccccc12.Oc1c(-c2ccc(Br)c3ccccc23)ccc2ccccc12.Oc1c(I)ccc2ccccc12. The van der Waals surface area contributed by atoms with Crippen molar-refractivity contribution < 1.29 is 24.7 Å². The maximum Gasteiger partial charge on any atom is 0.489 e. The number of hydrogen-bond acceptors (Lipinski definition) is 5. The number of furan rings is 1. The molecule has 1 aromatic heterocycles. The molecule has 0 fully saturated rings. The highest BCUT2D eigenvalue weighted by atomic mass is 127. The van der Waals surface area contributed by atoms with E-state index >= 15 is 0 Å². The van der Waals surface area contributed by atoms with Gasteiger partial charge in [0.1, 0.15) is 22.7 Å². The minimum absolute atomic E-state index is 0.338. The first kappa shape index (κ1) is 47.4. The van der Waals surface area contributed by atoms with E-state index in [0.717, 1.165) is 87.8 Å². The zero-order valence-corrected chi connectivity index (χ0v) is 43.9. The first-order valence-electron chi connectivity index (χ1n) is 22.3. The summed E-state index contributed by atoms with van der Waals surface area (Å²) in [4.78, 5) is 0. The van der Waals surface area contributed by atoms with Crippen molar-refractivity contribution in [2.45, 2.75) is 0 Å². The molecule has 0 radical (unpaired) electrons. The summed E-state index contributed by atoms with van der Waals surface area (Å²) >= 11 is 12.8. The molecule has 0 aliphatic carbocycles. The largest absolute Gasteiger partial charge is 0.507 e. The fraction of sp³-hybridized carbons (Fsp3) is 0. The lowest BCUT2D eigenvalue weighted by atomic mass is 9.77. The Labute approximate surface area is 442 Å². The van der Waals surface area contributed by atoms with Crippen molar-refractivity contribution in [2.75, 3.05) is 0 Å². The second-order valence-electron chi connectivity index (χ2n) is 16.5. The van der Waals surface area contributed by atoms with E-state index in [1.54, 1.807) is 6.07 Å². The molecule has 0 unspecified atom stereocenters. The van der Waals surface area contributed by atoms with Gasteiger partial charge in [-0.2, -0.15) is 0 Å². The lowest BCUT2D eigenvalue weighted by Gasteiger charge is -2.12. The Kier molecular flexibility index (Phi) is 14.0. The average molecular weight is 1220 g/mol. The van der Waals surface area contributed by atoms with Gasteiger partial charge in [-0.25, -0.2) is 0 Å². The molecule has 12 aromatic carbocycles. The molecule has 0 amide bonds. The van der Waals surface area contributed by atoms with Gasteiger partial charge in [0.15, 0.2) is 0 Å². The second-order valence-corrected chi connectivity index (χ2v) is 20.3. The summed E-state index contributed by atoms with van der Waals surface area (Å²) in [5.74, 6) is 0.722. The highest BCUT2D eigenvalue weighted by Gasteiger charge is 2.17. The monoisotopic (exact) mass is 1210 g/mol. The van der Waals surface area contributed by atoms with Gasteiger partial charge >= 0.3 is 7.12 Å². The number of benzene rings is 12. The fourth-order valence-electron chi connectivity index (χ4n) is 9.03. The molecule has 0 bridgehead atoms. The van der Waals surface area contributed by atoms with Crippen molar-refractivity contribution in [1.82, 2.24) is 0 Å². The molecule has 340 valence electrons. The van der Waals surface area contributed by atoms with Gasteiger partial charge in [-0.15, -0.1) is 0 Å². The maximum absolute atomic E-state index is 10.7. The van der Waals surface area contributed by atoms with Crippen LogP contribution in [0.1, 0.15) is 0 Å². The second kappa shape index (κ2) is 20.6. The van der Waals surface area contributed by atoms with Crippen LogP contribution >= 0.6 is 70.4 Å². The van der Waals surface area contributed by atoms with Crippen molar-refractivity contribution >= 4 is 170 Å². The highest BCUT2D eigenvalue weighted by molar-refractivity contribution is 14.1.